The lowest BCUT2D eigenvalue weighted by Gasteiger charge is -2.39. The van der Waals surface area contributed by atoms with Crippen LogP contribution in [0.1, 0.15) is 12.8 Å². The van der Waals surface area contributed by atoms with Gasteiger partial charge in [0.15, 0.2) is 0 Å². The summed E-state index contributed by atoms with van der Waals surface area (Å²) in [4.78, 5) is 13.5. The zero-order valence-corrected chi connectivity index (χ0v) is 9.42. The second kappa shape index (κ2) is 3.37. The molecule has 3 heterocycles. The Labute approximate surface area is 93.4 Å². The molecule has 3 aliphatic heterocycles. The molecule has 3 aliphatic rings. The number of thioether (sulfide) groups is 1. The van der Waals surface area contributed by atoms with Crippen molar-refractivity contribution in [2.45, 2.75) is 23.8 Å². The number of nitrogens with one attached hydrogen (secondary N) is 1. The third-order valence-corrected chi connectivity index (χ3v) is 5.63. The molecule has 3 rings (SSSR count). The highest BCUT2D eigenvalue weighted by molar-refractivity contribution is 8.01. The molecular formula is C10H16N2O2S. The Kier molecular flexibility index (Phi) is 2.23. The second-order valence-corrected chi connectivity index (χ2v) is 6.12. The van der Waals surface area contributed by atoms with Gasteiger partial charge in [0.25, 0.3) is 0 Å². The smallest absolute Gasteiger partial charge is 0.321 e. The van der Waals surface area contributed by atoms with E-state index in [9.17, 15) is 4.79 Å². The maximum Gasteiger partial charge on any atom is 0.321 e. The third kappa shape index (κ3) is 1.48. The minimum atomic E-state index is -0.695. The summed E-state index contributed by atoms with van der Waals surface area (Å²) in [6, 6.07) is -0.331. The van der Waals surface area contributed by atoms with Gasteiger partial charge in [0.2, 0.25) is 0 Å². The molecule has 4 nitrogen and oxygen atoms in total. The van der Waals surface area contributed by atoms with Gasteiger partial charge in [0.1, 0.15) is 6.04 Å². The molecule has 4 unspecified atom stereocenters. The molecule has 3 saturated heterocycles. The van der Waals surface area contributed by atoms with Crippen molar-refractivity contribution in [1.82, 2.24) is 10.2 Å². The summed E-state index contributed by atoms with van der Waals surface area (Å²) < 4.78 is 0. The molecular weight excluding hydrogens is 212 g/mol. The van der Waals surface area contributed by atoms with Crippen LogP contribution in [-0.4, -0.2) is 52.3 Å². The van der Waals surface area contributed by atoms with Crippen molar-refractivity contribution < 1.29 is 9.90 Å². The van der Waals surface area contributed by atoms with Crippen molar-refractivity contribution >= 4 is 17.7 Å². The SMILES string of the molecule is O=C(O)C1CSC2(CCN3CCC2C3)N1. The molecule has 0 aromatic carbocycles. The Morgan fingerprint density at radius 1 is 1.53 bits per heavy atom. The van der Waals surface area contributed by atoms with Gasteiger partial charge in [-0.05, 0) is 19.4 Å². The van der Waals surface area contributed by atoms with Gasteiger partial charge in [0.05, 0.1) is 4.87 Å². The summed E-state index contributed by atoms with van der Waals surface area (Å²) in [7, 11) is 0. The van der Waals surface area contributed by atoms with Crippen LogP contribution in [0.25, 0.3) is 0 Å². The number of aliphatic carboxylic acids is 1. The molecule has 0 radical (unpaired) electrons. The van der Waals surface area contributed by atoms with Crippen molar-refractivity contribution in [2.75, 3.05) is 25.4 Å². The van der Waals surface area contributed by atoms with Gasteiger partial charge in [0, 0.05) is 24.8 Å². The molecule has 5 heteroatoms. The van der Waals surface area contributed by atoms with Crippen LogP contribution < -0.4 is 5.32 Å². The lowest BCUT2D eigenvalue weighted by atomic mass is 9.92. The highest BCUT2D eigenvalue weighted by atomic mass is 32.2. The highest BCUT2D eigenvalue weighted by Crippen LogP contribution is 2.46. The predicted molar refractivity (Wildman–Crippen MR) is 58.9 cm³/mol. The Bertz CT molecular complexity index is 299. The predicted octanol–water partition coefficient (Wildman–Crippen LogP) is 0.198. The molecule has 0 aromatic rings. The minimum Gasteiger partial charge on any atom is -0.480 e. The fraction of sp³-hybridized carbons (Fsp3) is 0.900. The van der Waals surface area contributed by atoms with Gasteiger partial charge in [-0.25, -0.2) is 0 Å². The van der Waals surface area contributed by atoms with Crippen LogP contribution in [0.2, 0.25) is 0 Å². The van der Waals surface area contributed by atoms with E-state index < -0.39 is 5.97 Å². The monoisotopic (exact) mass is 228 g/mol. The summed E-state index contributed by atoms with van der Waals surface area (Å²) >= 11 is 1.84. The number of nitrogens with zero attached hydrogens (tertiary/aromatic N) is 1. The number of hydrogen-bond donors (Lipinski definition) is 2. The van der Waals surface area contributed by atoms with Crippen LogP contribution in [0.15, 0.2) is 0 Å². The molecule has 0 aromatic heterocycles. The van der Waals surface area contributed by atoms with Crippen LogP contribution in [0.5, 0.6) is 0 Å². The third-order valence-electron chi connectivity index (χ3n) is 3.96. The van der Waals surface area contributed by atoms with Crippen molar-refractivity contribution in [1.29, 1.82) is 0 Å². The van der Waals surface area contributed by atoms with Crippen molar-refractivity contribution in [2.24, 2.45) is 5.92 Å². The van der Waals surface area contributed by atoms with Crippen LogP contribution in [0.4, 0.5) is 0 Å². The fourth-order valence-electron chi connectivity index (χ4n) is 3.07. The quantitative estimate of drug-likeness (QED) is 0.671. The van der Waals surface area contributed by atoms with Crippen molar-refractivity contribution in [3.8, 4) is 0 Å². The van der Waals surface area contributed by atoms with Gasteiger partial charge in [-0.15, -0.1) is 11.8 Å². The number of carboxylic acids is 1. The van der Waals surface area contributed by atoms with E-state index in [4.69, 9.17) is 5.11 Å². The first-order valence-electron chi connectivity index (χ1n) is 5.56. The molecule has 2 bridgehead atoms. The van der Waals surface area contributed by atoms with E-state index in [1.807, 2.05) is 11.8 Å². The van der Waals surface area contributed by atoms with E-state index in [-0.39, 0.29) is 10.9 Å². The van der Waals surface area contributed by atoms with E-state index >= 15 is 0 Å². The van der Waals surface area contributed by atoms with E-state index in [2.05, 4.69) is 10.2 Å². The summed E-state index contributed by atoms with van der Waals surface area (Å²) in [5, 5.41) is 12.4. The lowest BCUT2D eigenvalue weighted by Crippen LogP contribution is -2.54. The molecule has 1 spiro atoms. The van der Waals surface area contributed by atoms with Crippen LogP contribution in [-0.2, 0) is 4.79 Å². The zero-order valence-electron chi connectivity index (χ0n) is 8.61. The average molecular weight is 228 g/mol. The normalized spacial score (nSPS) is 48.7. The topological polar surface area (TPSA) is 52.6 Å². The molecule has 3 fully saturated rings. The van der Waals surface area contributed by atoms with E-state index in [0.29, 0.717) is 5.92 Å². The maximum atomic E-state index is 10.9. The van der Waals surface area contributed by atoms with E-state index in [1.165, 1.54) is 13.0 Å². The molecule has 0 amide bonds. The van der Waals surface area contributed by atoms with Crippen molar-refractivity contribution in [3.05, 3.63) is 0 Å². The number of carbonyl (C=O) groups is 1. The summed E-state index contributed by atoms with van der Waals surface area (Å²) in [5.41, 5.74) is 0. The fourth-order valence-corrected chi connectivity index (χ4v) is 4.65. The summed E-state index contributed by atoms with van der Waals surface area (Å²) in [5.74, 6) is 0.687. The average Bonchev–Trinajstić information content (AvgIpc) is 2.76. The first kappa shape index (κ1) is 9.93. The molecule has 2 N–H and O–H groups in total. The Morgan fingerprint density at radius 2 is 2.40 bits per heavy atom. The van der Waals surface area contributed by atoms with Crippen LogP contribution >= 0.6 is 11.8 Å². The van der Waals surface area contributed by atoms with Gasteiger partial charge in [-0.3, -0.25) is 10.1 Å². The molecule has 15 heavy (non-hydrogen) atoms. The van der Waals surface area contributed by atoms with Gasteiger partial charge in [-0.2, -0.15) is 0 Å². The molecule has 0 aliphatic carbocycles. The van der Waals surface area contributed by atoms with Crippen LogP contribution in [0, 0.1) is 5.92 Å². The van der Waals surface area contributed by atoms with Gasteiger partial charge in [-0.1, -0.05) is 0 Å². The van der Waals surface area contributed by atoms with Gasteiger partial charge >= 0.3 is 5.97 Å². The molecule has 84 valence electrons. The van der Waals surface area contributed by atoms with Crippen molar-refractivity contribution in [3.63, 3.8) is 0 Å². The summed E-state index contributed by atoms with van der Waals surface area (Å²) in [6.07, 6.45) is 2.33. The van der Waals surface area contributed by atoms with Crippen LogP contribution in [0.3, 0.4) is 0 Å². The standard InChI is InChI=1S/C10H16N2O2S/c13-9(14)8-6-15-10(11-8)2-4-12-3-1-7(10)5-12/h7-8,11H,1-6H2,(H,13,14). The Balaban J connectivity index is 1.78. The van der Waals surface area contributed by atoms with E-state index in [0.717, 1.165) is 25.3 Å². The molecule has 4 atom stereocenters. The first-order chi connectivity index (χ1) is 7.20. The Hall–Kier alpha value is -0.260. The van der Waals surface area contributed by atoms with Gasteiger partial charge < -0.3 is 10.0 Å². The zero-order chi connectivity index (χ0) is 10.5. The number of hydrogen-bond acceptors (Lipinski definition) is 4. The number of carboxylic acid groups (broad SMARTS) is 1. The number of fused-ring (bicyclic) bond motifs is 3. The largest absolute Gasteiger partial charge is 0.480 e. The maximum absolute atomic E-state index is 10.9. The second-order valence-electron chi connectivity index (χ2n) is 4.77. The Morgan fingerprint density at radius 3 is 3.13 bits per heavy atom. The number of rotatable bonds is 1. The van der Waals surface area contributed by atoms with E-state index in [1.54, 1.807) is 0 Å². The first-order valence-corrected chi connectivity index (χ1v) is 6.55. The highest BCUT2D eigenvalue weighted by Gasteiger charge is 2.51. The minimum absolute atomic E-state index is 0.0794. The number of piperidine rings is 1. The molecule has 0 saturated carbocycles. The lowest BCUT2D eigenvalue weighted by molar-refractivity contribution is -0.139. The summed E-state index contributed by atoms with van der Waals surface area (Å²) in [6.45, 7) is 3.49.